The van der Waals surface area contributed by atoms with Crippen molar-refractivity contribution < 1.29 is 19.6 Å². The maximum absolute atomic E-state index is 10.9. The standard InChI is InChI=1S/C12H11N3O5/c16-12(17)9-1-2-10(15(18)19)11(7-9)20-6-5-14-4-3-13-8-14/h1-4,7-8H,5-6H2,(H,16,17). The number of aromatic carboxylic acids is 1. The molecule has 8 nitrogen and oxygen atoms in total. The lowest BCUT2D eigenvalue weighted by atomic mass is 10.2. The van der Waals surface area contributed by atoms with E-state index in [1.165, 1.54) is 6.07 Å². The highest BCUT2D eigenvalue weighted by atomic mass is 16.6. The third-order valence-corrected chi connectivity index (χ3v) is 2.57. The zero-order valence-corrected chi connectivity index (χ0v) is 10.3. The van der Waals surface area contributed by atoms with Gasteiger partial charge >= 0.3 is 11.7 Å². The van der Waals surface area contributed by atoms with Gasteiger partial charge in [-0.1, -0.05) is 0 Å². The van der Waals surface area contributed by atoms with Crippen LogP contribution in [-0.4, -0.2) is 32.2 Å². The summed E-state index contributed by atoms with van der Waals surface area (Å²) < 4.78 is 7.05. The van der Waals surface area contributed by atoms with E-state index in [1.807, 2.05) is 0 Å². The van der Waals surface area contributed by atoms with Crippen molar-refractivity contribution >= 4 is 11.7 Å². The Labute approximate surface area is 113 Å². The molecule has 1 aromatic heterocycles. The number of imidazole rings is 1. The molecule has 1 N–H and O–H groups in total. The van der Waals surface area contributed by atoms with Crippen LogP contribution < -0.4 is 4.74 Å². The van der Waals surface area contributed by atoms with Crippen molar-refractivity contribution in [1.82, 2.24) is 9.55 Å². The quantitative estimate of drug-likeness (QED) is 0.634. The van der Waals surface area contributed by atoms with Gasteiger partial charge in [-0.15, -0.1) is 0 Å². The van der Waals surface area contributed by atoms with Crippen LogP contribution in [0, 0.1) is 10.1 Å². The van der Waals surface area contributed by atoms with Crippen molar-refractivity contribution in [2.24, 2.45) is 0 Å². The number of hydrogen-bond acceptors (Lipinski definition) is 5. The van der Waals surface area contributed by atoms with Crippen LogP contribution in [0.5, 0.6) is 5.75 Å². The van der Waals surface area contributed by atoms with Crippen LogP contribution in [0.25, 0.3) is 0 Å². The summed E-state index contributed by atoms with van der Waals surface area (Å²) >= 11 is 0. The molecular weight excluding hydrogens is 266 g/mol. The van der Waals surface area contributed by atoms with Crippen LogP contribution in [0.3, 0.4) is 0 Å². The van der Waals surface area contributed by atoms with E-state index in [-0.39, 0.29) is 23.6 Å². The van der Waals surface area contributed by atoms with Crippen molar-refractivity contribution in [1.29, 1.82) is 0 Å². The average Bonchev–Trinajstić information content (AvgIpc) is 2.91. The van der Waals surface area contributed by atoms with E-state index >= 15 is 0 Å². The van der Waals surface area contributed by atoms with Crippen LogP contribution in [-0.2, 0) is 6.54 Å². The number of nitrogens with zero attached hydrogens (tertiary/aromatic N) is 3. The Morgan fingerprint density at radius 1 is 1.50 bits per heavy atom. The molecule has 0 saturated carbocycles. The lowest BCUT2D eigenvalue weighted by molar-refractivity contribution is -0.385. The number of nitro benzene ring substituents is 1. The van der Waals surface area contributed by atoms with Crippen molar-refractivity contribution in [2.45, 2.75) is 6.54 Å². The van der Waals surface area contributed by atoms with Gasteiger partial charge in [0.05, 0.1) is 23.4 Å². The first-order valence-electron chi connectivity index (χ1n) is 5.68. The first-order valence-corrected chi connectivity index (χ1v) is 5.68. The number of carboxylic acids is 1. The number of carboxylic acid groups (broad SMARTS) is 1. The second-order valence-corrected chi connectivity index (χ2v) is 3.89. The van der Waals surface area contributed by atoms with E-state index in [0.29, 0.717) is 6.54 Å². The Hall–Kier alpha value is -2.90. The second kappa shape index (κ2) is 5.83. The molecule has 0 aliphatic rings. The molecule has 8 heteroatoms. The van der Waals surface area contributed by atoms with E-state index in [0.717, 1.165) is 12.1 Å². The van der Waals surface area contributed by atoms with Crippen molar-refractivity contribution in [3.63, 3.8) is 0 Å². The van der Waals surface area contributed by atoms with Crippen LogP contribution >= 0.6 is 0 Å². The summed E-state index contributed by atoms with van der Waals surface area (Å²) in [7, 11) is 0. The minimum Gasteiger partial charge on any atom is -0.485 e. The zero-order valence-electron chi connectivity index (χ0n) is 10.3. The molecule has 0 amide bonds. The van der Waals surface area contributed by atoms with Crippen molar-refractivity contribution in [3.05, 3.63) is 52.6 Å². The highest BCUT2D eigenvalue weighted by Gasteiger charge is 2.17. The third kappa shape index (κ3) is 3.10. The van der Waals surface area contributed by atoms with Crippen LogP contribution in [0.2, 0.25) is 0 Å². The smallest absolute Gasteiger partial charge is 0.335 e. The Bertz CT molecular complexity index is 624. The molecule has 0 spiro atoms. The van der Waals surface area contributed by atoms with Crippen LogP contribution in [0.4, 0.5) is 5.69 Å². The number of rotatable bonds is 6. The van der Waals surface area contributed by atoms with Crippen LogP contribution in [0.1, 0.15) is 10.4 Å². The first-order chi connectivity index (χ1) is 9.58. The van der Waals surface area contributed by atoms with Gasteiger partial charge in [0.2, 0.25) is 0 Å². The number of hydrogen-bond donors (Lipinski definition) is 1. The summed E-state index contributed by atoms with van der Waals surface area (Å²) in [6.45, 7) is 0.620. The molecule has 0 aliphatic carbocycles. The largest absolute Gasteiger partial charge is 0.485 e. The van der Waals surface area contributed by atoms with Gasteiger partial charge in [-0.25, -0.2) is 9.78 Å². The van der Waals surface area contributed by atoms with Gasteiger partial charge < -0.3 is 14.4 Å². The predicted octanol–water partition coefficient (Wildman–Crippen LogP) is 1.57. The molecule has 104 valence electrons. The zero-order chi connectivity index (χ0) is 14.5. The van der Waals surface area contributed by atoms with Gasteiger partial charge in [-0.2, -0.15) is 0 Å². The molecule has 2 rings (SSSR count). The Morgan fingerprint density at radius 3 is 2.90 bits per heavy atom. The molecule has 0 fully saturated rings. The summed E-state index contributed by atoms with van der Waals surface area (Å²) in [4.78, 5) is 25.0. The lowest BCUT2D eigenvalue weighted by Crippen LogP contribution is -2.08. The van der Waals surface area contributed by atoms with Gasteiger partial charge in [0.1, 0.15) is 6.61 Å². The minimum atomic E-state index is -1.17. The fraction of sp³-hybridized carbons (Fsp3) is 0.167. The molecular formula is C12H11N3O5. The molecule has 20 heavy (non-hydrogen) atoms. The van der Waals surface area contributed by atoms with E-state index in [4.69, 9.17) is 9.84 Å². The van der Waals surface area contributed by atoms with Crippen LogP contribution in [0.15, 0.2) is 36.9 Å². The fourth-order valence-corrected chi connectivity index (χ4v) is 1.59. The number of benzene rings is 1. The molecule has 0 atom stereocenters. The SMILES string of the molecule is O=C(O)c1ccc([N+](=O)[O-])c(OCCn2ccnc2)c1. The number of aromatic nitrogens is 2. The number of carbonyl (C=O) groups is 1. The summed E-state index contributed by atoms with van der Waals surface area (Å²) in [5, 5.41) is 19.7. The molecule has 0 unspecified atom stereocenters. The Balaban J connectivity index is 2.13. The fourth-order valence-electron chi connectivity index (χ4n) is 1.59. The summed E-state index contributed by atoms with van der Waals surface area (Å²) in [5.74, 6) is -1.23. The highest BCUT2D eigenvalue weighted by Crippen LogP contribution is 2.28. The third-order valence-electron chi connectivity index (χ3n) is 2.57. The molecule has 0 bridgehead atoms. The molecule has 0 aliphatic heterocycles. The van der Waals surface area contributed by atoms with E-state index in [2.05, 4.69) is 4.98 Å². The molecule has 0 radical (unpaired) electrons. The minimum absolute atomic E-state index is 0.0602. The average molecular weight is 277 g/mol. The van der Waals surface area contributed by atoms with Crippen molar-refractivity contribution in [2.75, 3.05) is 6.61 Å². The maximum Gasteiger partial charge on any atom is 0.335 e. The van der Waals surface area contributed by atoms with Gasteiger partial charge in [0, 0.05) is 24.5 Å². The second-order valence-electron chi connectivity index (χ2n) is 3.89. The Kier molecular flexibility index (Phi) is 3.94. The highest BCUT2D eigenvalue weighted by molar-refractivity contribution is 5.88. The maximum atomic E-state index is 10.9. The van der Waals surface area contributed by atoms with E-state index in [1.54, 1.807) is 23.3 Å². The van der Waals surface area contributed by atoms with Crippen molar-refractivity contribution in [3.8, 4) is 5.75 Å². The summed E-state index contributed by atoms with van der Waals surface area (Å²) in [6, 6.07) is 3.44. The van der Waals surface area contributed by atoms with Gasteiger partial charge in [0.15, 0.2) is 5.75 Å². The molecule has 0 saturated heterocycles. The van der Waals surface area contributed by atoms with E-state index < -0.39 is 10.9 Å². The predicted molar refractivity (Wildman–Crippen MR) is 67.8 cm³/mol. The monoisotopic (exact) mass is 277 g/mol. The summed E-state index contributed by atoms with van der Waals surface area (Å²) in [6.07, 6.45) is 4.92. The Morgan fingerprint density at radius 2 is 2.30 bits per heavy atom. The van der Waals surface area contributed by atoms with Gasteiger partial charge in [0.25, 0.3) is 0 Å². The first kappa shape index (κ1) is 13.5. The van der Waals surface area contributed by atoms with E-state index in [9.17, 15) is 14.9 Å². The normalized spacial score (nSPS) is 10.2. The van der Waals surface area contributed by atoms with Gasteiger partial charge in [-0.3, -0.25) is 10.1 Å². The molecule has 2 aromatic rings. The molecule has 1 heterocycles. The summed E-state index contributed by atoms with van der Waals surface area (Å²) in [5.41, 5.74) is -0.325. The number of nitro groups is 1. The topological polar surface area (TPSA) is 107 Å². The molecule has 1 aromatic carbocycles. The van der Waals surface area contributed by atoms with Gasteiger partial charge in [-0.05, 0) is 6.07 Å². The lowest BCUT2D eigenvalue weighted by Gasteiger charge is -2.08. The number of ether oxygens (including phenoxy) is 1.